The average molecular weight is 536 g/mol. The zero-order chi connectivity index (χ0) is 28.3. The Balaban J connectivity index is 1.25. The molecule has 1 aromatic heterocycles. The molecule has 1 heterocycles. The van der Waals surface area contributed by atoms with Crippen LogP contribution in [-0.2, 0) is 0 Å². The first-order chi connectivity index (χ1) is 20.1. The second-order valence-electron chi connectivity index (χ2n) is 8.77. The highest BCUT2D eigenvalue weighted by molar-refractivity contribution is 6.01. The van der Waals surface area contributed by atoms with E-state index in [4.69, 9.17) is 0 Å². The van der Waals surface area contributed by atoms with Crippen LogP contribution in [0.25, 0.3) is 0 Å². The van der Waals surface area contributed by atoms with Crippen LogP contribution in [0.4, 0.5) is 32.3 Å². The van der Waals surface area contributed by atoms with E-state index in [1.54, 1.807) is 12.1 Å². The molecule has 0 saturated heterocycles. The van der Waals surface area contributed by atoms with Crippen LogP contribution in [0.2, 0.25) is 0 Å². The predicted octanol–water partition coefficient (Wildman–Crippen LogP) is 7.10. The summed E-state index contributed by atoms with van der Waals surface area (Å²) in [7, 11) is 0. The maximum absolute atomic E-state index is 12.4. The predicted molar refractivity (Wildman–Crippen MR) is 164 cm³/mol. The van der Waals surface area contributed by atoms with Gasteiger partial charge >= 0.3 is 12.1 Å². The number of urea groups is 2. The van der Waals surface area contributed by atoms with Crippen LogP contribution < -0.4 is 21.3 Å². The quantitative estimate of drug-likeness (QED) is 0.159. The molecule has 0 aliphatic rings. The van der Waals surface area contributed by atoms with Crippen molar-refractivity contribution >= 4 is 34.8 Å². The van der Waals surface area contributed by atoms with Gasteiger partial charge in [0.25, 0.3) is 0 Å². The van der Waals surface area contributed by atoms with Crippen LogP contribution in [-0.4, -0.2) is 17.0 Å². The maximum atomic E-state index is 12.4. The van der Waals surface area contributed by atoms with E-state index in [-0.39, 0.29) is 12.1 Å². The molecule has 0 atom stereocenters. The number of H-pyrrole nitrogens is 1. The number of nitrogens with one attached hydrogen (secondary N) is 5. The molecule has 4 amide bonds. The lowest BCUT2D eigenvalue weighted by atomic mass is 10.2. The Kier molecular flexibility index (Phi) is 8.42. The number of carbonyl (C=O) groups is 2. The van der Waals surface area contributed by atoms with Gasteiger partial charge in [0.2, 0.25) is 0 Å². The Bertz CT molecular complexity index is 1660. The monoisotopic (exact) mass is 535 g/mol. The van der Waals surface area contributed by atoms with Gasteiger partial charge in [0.15, 0.2) is 0 Å². The first-order valence-electron chi connectivity index (χ1n) is 12.8. The minimum absolute atomic E-state index is 0.352. The molecule has 7 heteroatoms. The van der Waals surface area contributed by atoms with Gasteiger partial charge in [-0.1, -0.05) is 72.5 Å². The second-order valence-corrected chi connectivity index (χ2v) is 8.77. The second kappa shape index (κ2) is 13.1. The number of anilines is 4. The Hall–Kier alpha value is -6.18. The van der Waals surface area contributed by atoms with Gasteiger partial charge in [0, 0.05) is 22.5 Å². The highest BCUT2D eigenvalue weighted by atomic mass is 16.2. The van der Waals surface area contributed by atoms with Crippen molar-refractivity contribution in [1.29, 1.82) is 0 Å². The molecule has 0 saturated carbocycles. The molecule has 0 aliphatic carbocycles. The van der Waals surface area contributed by atoms with Gasteiger partial charge in [-0.05, 0) is 72.5 Å². The Labute approximate surface area is 238 Å². The summed E-state index contributed by atoms with van der Waals surface area (Å²) in [4.78, 5) is 28.1. The van der Waals surface area contributed by atoms with Crippen molar-refractivity contribution in [3.63, 3.8) is 0 Å². The molecule has 5 rings (SSSR count). The highest BCUT2D eigenvalue weighted by Gasteiger charge is 2.07. The third kappa shape index (κ3) is 7.67. The van der Waals surface area contributed by atoms with Gasteiger partial charge in [0.1, 0.15) is 0 Å². The summed E-state index contributed by atoms with van der Waals surface area (Å²) < 4.78 is 0. The van der Waals surface area contributed by atoms with Crippen LogP contribution in [0.15, 0.2) is 121 Å². The normalized spacial score (nSPS) is 9.76. The topological polar surface area (TPSA) is 98.1 Å². The smallest absolute Gasteiger partial charge is 0.323 e. The Morgan fingerprint density at radius 2 is 0.829 bits per heavy atom. The summed E-state index contributed by atoms with van der Waals surface area (Å²) in [6.45, 7) is 0. The van der Waals surface area contributed by atoms with Crippen molar-refractivity contribution in [3.8, 4) is 23.7 Å². The number of aromatic nitrogens is 1. The number of aromatic amines is 1. The van der Waals surface area contributed by atoms with Gasteiger partial charge in [0.05, 0.1) is 22.8 Å². The third-order valence-corrected chi connectivity index (χ3v) is 5.76. The van der Waals surface area contributed by atoms with E-state index in [1.165, 1.54) is 0 Å². The minimum atomic E-state index is -0.352. The van der Waals surface area contributed by atoms with E-state index < -0.39 is 0 Å². The van der Waals surface area contributed by atoms with Crippen LogP contribution >= 0.6 is 0 Å². The molecule has 198 valence electrons. The van der Waals surface area contributed by atoms with Gasteiger partial charge in [-0.15, -0.1) is 0 Å². The minimum Gasteiger partial charge on any atom is -0.342 e. The molecule has 0 bridgehead atoms. The lowest BCUT2D eigenvalue weighted by Gasteiger charge is -2.09. The Morgan fingerprint density at radius 3 is 1.27 bits per heavy atom. The number of hydrogen-bond acceptors (Lipinski definition) is 2. The summed E-state index contributed by atoms with van der Waals surface area (Å²) in [5.41, 5.74) is 5.28. The lowest BCUT2D eigenvalue weighted by Crippen LogP contribution is -2.19. The molecular weight excluding hydrogens is 510 g/mol. The van der Waals surface area contributed by atoms with Gasteiger partial charge in [-0.3, -0.25) is 0 Å². The summed E-state index contributed by atoms with van der Waals surface area (Å²) in [5, 5.41) is 11.3. The summed E-state index contributed by atoms with van der Waals surface area (Å²) in [6, 6.07) is 36.1. The first kappa shape index (κ1) is 26.4. The van der Waals surface area contributed by atoms with Crippen molar-refractivity contribution in [2.24, 2.45) is 0 Å². The summed E-state index contributed by atoms with van der Waals surface area (Å²) in [6.07, 6.45) is 0. The Morgan fingerprint density at radius 1 is 0.439 bits per heavy atom. The fourth-order valence-corrected chi connectivity index (χ4v) is 3.82. The summed E-state index contributed by atoms with van der Waals surface area (Å²) >= 11 is 0. The maximum Gasteiger partial charge on any atom is 0.323 e. The molecular formula is C34H25N5O2. The zero-order valence-electron chi connectivity index (χ0n) is 21.9. The summed E-state index contributed by atoms with van der Waals surface area (Å²) in [5.74, 6) is 12.4. The van der Waals surface area contributed by atoms with Crippen molar-refractivity contribution in [2.75, 3.05) is 21.3 Å². The van der Waals surface area contributed by atoms with Crippen molar-refractivity contribution in [3.05, 3.63) is 144 Å². The number of amides is 4. The number of carbonyl (C=O) groups excluding carboxylic acids is 2. The van der Waals surface area contributed by atoms with Crippen molar-refractivity contribution in [1.82, 2.24) is 4.98 Å². The molecule has 0 fully saturated rings. The third-order valence-electron chi connectivity index (χ3n) is 5.76. The lowest BCUT2D eigenvalue weighted by molar-refractivity contribution is 0.261. The molecule has 0 unspecified atom stereocenters. The number of hydrogen-bond donors (Lipinski definition) is 5. The van der Waals surface area contributed by atoms with Crippen LogP contribution in [0, 0.1) is 23.7 Å². The number of benzene rings is 4. The molecule has 7 nitrogen and oxygen atoms in total. The van der Waals surface area contributed by atoms with Crippen LogP contribution in [0.3, 0.4) is 0 Å². The SMILES string of the molecule is O=C(Nc1ccccc1)Nc1ccccc1C#Cc1ccc(C#Cc2ccccc2NC(=O)Nc2ccccc2)[nH]1. The number of para-hydroxylation sites is 4. The van der Waals surface area contributed by atoms with E-state index in [2.05, 4.69) is 49.9 Å². The first-order valence-corrected chi connectivity index (χ1v) is 12.8. The zero-order valence-corrected chi connectivity index (χ0v) is 21.9. The van der Waals surface area contributed by atoms with Crippen molar-refractivity contribution in [2.45, 2.75) is 0 Å². The molecule has 0 aliphatic heterocycles. The van der Waals surface area contributed by atoms with Crippen LogP contribution in [0.1, 0.15) is 22.5 Å². The van der Waals surface area contributed by atoms with E-state index >= 15 is 0 Å². The molecule has 5 aromatic rings. The molecule has 41 heavy (non-hydrogen) atoms. The average Bonchev–Trinajstić information content (AvgIpc) is 3.45. The largest absolute Gasteiger partial charge is 0.342 e. The van der Waals surface area contributed by atoms with E-state index in [9.17, 15) is 9.59 Å². The fourth-order valence-electron chi connectivity index (χ4n) is 3.82. The number of rotatable bonds is 4. The molecule has 0 spiro atoms. The van der Waals surface area contributed by atoms with Crippen LogP contribution in [0.5, 0.6) is 0 Å². The van der Waals surface area contributed by atoms with Gasteiger partial charge < -0.3 is 26.3 Å². The van der Waals surface area contributed by atoms with E-state index in [0.717, 1.165) is 0 Å². The molecule has 5 N–H and O–H groups in total. The van der Waals surface area contributed by atoms with E-state index in [1.807, 2.05) is 109 Å². The fraction of sp³-hybridized carbons (Fsp3) is 0. The molecule has 0 radical (unpaired) electrons. The van der Waals surface area contributed by atoms with Gasteiger partial charge in [-0.25, -0.2) is 9.59 Å². The van der Waals surface area contributed by atoms with Crippen molar-refractivity contribution < 1.29 is 9.59 Å². The molecule has 4 aromatic carbocycles. The highest BCUT2D eigenvalue weighted by Crippen LogP contribution is 2.17. The van der Waals surface area contributed by atoms with Gasteiger partial charge in [-0.2, -0.15) is 0 Å². The standard InChI is InChI=1S/C34H25N5O2/c40-33(36-27-13-3-1-4-14-27)38-31-17-9-7-11-25(31)19-21-29-23-24-30(35-29)22-20-26-12-8-10-18-32(26)39-34(41)37-28-15-5-2-6-16-28/h1-18,23-24,35H,(H2,36,38,40)(H2,37,39,41). The van der Waals surface area contributed by atoms with E-state index in [0.29, 0.717) is 45.3 Å².